The molecular formula is C18H29Cl2N3O. The van der Waals surface area contributed by atoms with Crippen LogP contribution in [0.4, 0.5) is 0 Å². The zero-order chi connectivity index (χ0) is 15.5. The lowest BCUT2D eigenvalue weighted by molar-refractivity contribution is -0.137. The normalized spacial score (nSPS) is 23.9. The number of benzene rings is 1. The molecule has 2 heterocycles. The molecule has 2 bridgehead atoms. The summed E-state index contributed by atoms with van der Waals surface area (Å²) in [7, 11) is 2.04. The van der Waals surface area contributed by atoms with Crippen molar-refractivity contribution in [1.82, 2.24) is 15.1 Å². The van der Waals surface area contributed by atoms with Gasteiger partial charge in [0.15, 0.2) is 0 Å². The molecule has 0 saturated carbocycles. The number of hydrogen-bond donors (Lipinski definition) is 1. The summed E-state index contributed by atoms with van der Waals surface area (Å²) in [6.45, 7) is 4.71. The molecule has 1 aromatic carbocycles. The van der Waals surface area contributed by atoms with Crippen LogP contribution in [-0.2, 0) is 4.79 Å². The minimum Gasteiger partial charge on any atom is -0.339 e. The van der Waals surface area contributed by atoms with Crippen LogP contribution in [0.2, 0.25) is 0 Å². The summed E-state index contributed by atoms with van der Waals surface area (Å²) in [6, 6.07) is 11.1. The van der Waals surface area contributed by atoms with Gasteiger partial charge in [0.25, 0.3) is 0 Å². The number of carbonyl (C=O) groups excluding carboxylic acids is 1. The lowest BCUT2D eigenvalue weighted by atomic mass is 10.0. The van der Waals surface area contributed by atoms with Crippen molar-refractivity contribution in [3.63, 3.8) is 0 Å². The van der Waals surface area contributed by atoms with E-state index in [-0.39, 0.29) is 36.8 Å². The third-order valence-corrected chi connectivity index (χ3v) is 5.12. The highest BCUT2D eigenvalue weighted by Crippen LogP contribution is 2.26. The van der Waals surface area contributed by atoms with Crippen LogP contribution in [-0.4, -0.2) is 54.5 Å². The predicted molar refractivity (Wildman–Crippen MR) is 103 cm³/mol. The van der Waals surface area contributed by atoms with Gasteiger partial charge < -0.3 is 10.2 Å². The highest BCUT2D eigenvalue weighted by Gasteiger charge is 2.35. The van der Waals surface area contributed by atoms with Crippen molar-refractivity contribution < 1.29 is 4.79 Å². The average molecular weight is 374 g/mol. The Balaban J connectivity index is 0.00000144. The standard InChI is InChI=1S/C18H27N3O.2ClH/c1-3-20(2)17(14-7-5-4-6-8-14)18(22)21-12-11-15-9-10-16(13-21)19-15;;/h4-8,15-17,19H,3,9-13H2,1-2H3;2*1H. The molecule has 1 N–H and O–H groups in total. The first kappa shape index (κ1) is 21.2. The molecule has 1 aromatic rings. The number of amides is 1. The SMILES string of the molecule is CCN(C)C(C(=O)N1CCC2CCC(C1)N2)c1ccccc1.Cl.Cl. The minimum absolute atomic E-state index is 0. The number of likely N-dealkylation sites (N-methyl/N-ethyl adjacent to an activating group) is 1. The van der Waals surface area contributed by atoms with E-state index in [1.807, 2.05) is 25.2 Å². The first-order chi connectivity index (χ1) is 10.7. The van der Waals surface area contributed by atoms with Crippen LogP contribution in [0.3, 0.4) is 0 Å². The second kappa shape index (κ2) is 9.62. The smallest absolute Gasteiger partial charge is 0.244 e. The van der Waals surface area contributed by atoms with Crippen molar-refractivity contribution in [1.29, 1.82) is 0 Å². The maximum absolute atomic E-state index is 13.2. The van der Waals surface area contributed by atoms with Gasteiger partial charge >= 0.3 is 0 Å². The van der Waals surface area contributed by atoms with E-state index in [0.717, 1.165) is 31.6 Å². The Morgan fingerprint density at radius 1 is 1.21 bits per heavy atom. The molecular weight excluding hydrogens is 345 g/mol. The van der Waals surface area contributed by atoms with E-state index >= 15 is 0 Å². The molecule has 1 amide bonds. The van der Waals surface area contributed by atoms with Gasteiger partial charge in [-0.05, 0) is 38.4 Å². The number of nitrogens with zero attached hydrogens (tertiary/aromatic N) is 2. The van der Waals surface area contributed by atoms with Crippen LogP contribution >= 0.6 is 24.8 Å². The third kappa shape index (κ3) is 4.63. The zero-order valence-electron chi connectivity index (χ0n) is 14.5. The van der Waals surface area contributed by atoms with Crippen molar-refractivity contribution in [2.45, 2.75) is 44.3 Å². The summed E-state index contributed by atoms with van der Waals surface area (Å²) in [5.41, 5.74) is 1.10. The maximum atomic E-state index is 13.2. The van der Waals surface area contributed by atoms with Gasteiger partial charge in [-0.2, -0.15) is 0 Å². The van der Waals surface area contributed by atoms with Gasteiger partial charge in [0.05, 0.1) is 0 Å². The number of rotatable bonds is 4. The number of carbonyl (C=O) groups is 1. The highest BCUT2D eigenvalue weighted by atomic mass is 35.5. The molecule has 4 nitrogen and oxygen atoms in total. The molecule has 24 heavy (non-hydrogen) atoms. The fourth-order valence-electron chi connectivity index (χ4n) is 3.72. The summed E-state index contributed by atoms with van der Waals surface area (Å²) in [4.78, 5) is 17.4. The summed E-state index contributed by atoms with van der Waals surface area (Å²) < 4.78 is 0. The van der Waals surface area contributed by atoms with E-state index in [1.165, 1.54) is 12.8 Å². The molecule has 6 heteroatoms. The molecule has 2 saturated heterocycles. The summed E-state index contributed by atoms with van der Waals surface area (Å²) in [6.07, 6.45) is 3.55. The highest BCUT2D eigenvalue weighted by molar-refractivity contribution is 5.85. The molecule has 0 spiro atoms. The van der Waals surface area contributed by atoms with Crippen LogP contribution in [0, 0.1) is 0 Å². The van der Waals surface area contributed by atoms with Crippen LogP contribution in [0.1, 0.15) is 37.8 Å². The monoisotopic (exact) mass is 373 g/mol. The Morgan fingerprint density at radius 3 is 2.54 bits per heavy atom. The van der Waals surface area contributed by atoms with Gasteiger partial charge in [0.1, 0.15) is 6.04 Å². The maximum Gasteiger partial charge on any atom is 0.244 e. The molecule has 0 radical (unpaired) electrons. The average Bonchev–Trinajstić information content (AvgIpc) is 2.87. The summed E-state index contributed by atoms with van der Waals surface area (Å²) in [5.74, 6) is 0.255. The van der Waals surface area contributed by atoms with Crippen molar-refractivity contribution >= 4 is 30.7 Å². The number of hydrogen-bond acceptors (Lipinski definition) is 3. The number of likely N-dealkylation sites (tertiary alicyclic amines) is 1. The first-order valence-electron chi connectivity index (χ1n) is 8.49. The Morgan fingerprint density at radius 2 is 1.88 bits per heavy atom. The topological polar surface area (TPSA) is 35.6 Å². The molecule has 136 valence electrons. The molecule has 0 aromatic heterocycles. The van der Waals surface area contributed by atoms with E-state index in [2.05, 4.69) is 34.2 Å². The van der Waals surface area contributed by atoms with Gasteiger partial charge in [-0.15, -0.1) is 24.8 Å². The number of halogens is 2. The van der Waals surface area contributed by atoms with E-state index in [9.17, 15) is 4.79 Å². The third-order valence-electron chi connectivity index (χ3n) is 5.12. The first-order valence-corrected chi connectivity index (χ1v) is 8.49. The second-order valence-corrected chi connectivity index (χ2v) is 6.60. The Labute approximate surface area is 157 Å². The Hall–Kier alpha value is -0.810. The fraction of sp³-hybridized carbons (Fsp3) is 0.611. The predicted octanol–water partition coefficient (Wildman–Crippen LogP) is 2.88. The van der Waals surface area contributed by atoms with Crippen LogP contribution in [0.25, 0.3) is 0 Å². The van der Waals surface area contributed by atoms with Crippen molar-refractivity contribution in [3.05, 3.63) is 35.9 Å². The largest absolute Gasteiger partial charge is 0.339 e. The van der Waals surface area contributed by atoms with Crippen molar-refractivity contribution in [2.24, 2.45) is 0 Å². The van der Waals surface area contributed by atoms with Crippen LogP contribution in [0.5, 0.6) is 0 Å². The number of nitrogens with one attached hydrogen (secondary N) is 1. The Bertz CT molecular complexity index is 514. The van der Waals surface area contributed by atoms with Gasteiger partial charge in [0.2, 0.25) is 5.91 Å². The van der Waals surface area contributed by atoms with Gasteiger partial charge in [-0.3, -0.25) is 9.69 Å². The quantitative estimate of drug-likeness (QED) is 0.880. The molecule has 2 aliphatic rings. The zero-order valence-corrected chi connectivity index (χ0v) is 16.1. The second-order valence-electron chi connectivity index (χ2n) is 6.60. The van der Waals surface area contributed by atoms with E-state index in [4.69, 9.17) is 0 Å². The van der Waals surface area contributed by atoms with Crippen molar-refractivity contribution in [2.75, 3.05) is 26.7 Å². The lowest BCUT2D eigenvalue weighted by Crippen LogP contribution is -2.45. The molecule has 3 rings (SSSR count). The van der Waals surface area contributed by atoms with E-state index in [1.54, 1.807) is 0 Å². The lowest BCUT2D eigenvalue weighted by Gasteiger charge is -2.33. The Kier molecular flexibility index (Phi) is 8.51. The molecule has 3 atom stereocenters. The van der Waals surface area contributed by atoms with Crippen LogP contribution in [0.15, 0.2) is 30.3 Å². The molecule has 0 aliphatic carbocycles. The van der Waals surface area contributed by atoms with Gasteiger partial charge in [0, 0.05) is 25.2 Å². The molecule has 2 fully saturated rings. The fourth-order valence-corrected chi connectivity index (χ4v) is 3.72. The van der Waals surface area contributed by atoms with Crippen molar-refractivity contribution in [3.8, 4) is 0 Å². The summed E-state index contributed by atoms with van der Waals surface area (Å²) >= 11 is 0. The molecule has 2 aliphatic heterocycles. The van der Waals surface area contributed by atoms with E-state index < -0.39 is 0 Å². The van der Waals surface area contributed by atoms with Gasteiger partial charge in [-0.1, -0.05) is 37.3 Å². The minimum atomic E-state index is -0.164. The number of fused-ring (bicyclic) bond motifs is 2. The van der Waals surface area contributed by atoms with Gasteiger partial charge in [-0.25, -0.2) is 0 Å². The van der Waals surface area contributed by atoms with E-state index in [0.29, 0.717) is 12.1 Å². The van der Waals surface area contributed by atoms with Crippen LogP contribution < -0.4 is 5.32 Å². The molecule has 3 unspecified atom stereocenters. The summed E-state index contributed by atoms with van der Waals surface area (Å²) in [5, 5.41) is 3.65.